The number of ether oxygens (including phenoxy) is 1. The van der Waals surface area contributed by atoms with Gasteiger partial charge in [0.25, 0.3) is 5.78 Å². The van der Waals surface area contributed by atoms with Crippen LogP contribution in [0.15, 0.2) is 71.6 Å². The maximum absolute atomic E-state index is 6.02. The zero-order valence-corrected chi connectivity index (χ0v) is 17.0. The van der Waals surface area contributed by atoms with E-state index < -0.39 is 0 Å². The largest absolute Gasteiger partial charge is 0.489 e. The van der Waals surface area contributed by atoms with Gasteiger partial charge in [0.15, 0.2) is 5.76 Å². The Hall–Kier alpha value is -4.47. The summed E-state index contributed by atoms with van der Waals surface area (Å²) in [5.41, 5.74) is 8.25. The lowest BCUT2D eigenvalue weighted by molar-refractivity contribution is 0.306. The minimum absolute atomic E-state index is 0.193. The molecule has 0 saturated carbocycles. The molecule has 5 rings (SSSR count). The number of rotatable bonds is 8. The van der Waals surface area contributed by atoms with E-state index in [2.05, 4.69) is 30.4 Å². The van der Waals surface area contributed by atoms with Crippen molar-refractivity contribution in [3.8, 4) is 17.3 Å². The summed E-state index contributed by atoms with van der Waals surface area (Å²) in [4.78, 5) is 17.0. The predicted molar refractivity (Wildman–Crippen MR) is 118 cm³/mol. The molecule has 4 aromatic heterocycles. The molecule has 0 radical (unpaired) electrons. The Bertz CT molecular complexity index is 1300. The average molecular weight is 428 g/mol. The number of anilines is 2. The number of nitrogens with two attached hydrogens (primary N) is 1. The molecule has 1 aromatic carbocycles. The molecule has 5 aromatic rings. The second-order valence-electron chi connectivity index (χ2n) is 6.99. The highest BCUT2D eigenvalue weighted by atomic mass is 16.5. The number of hydrogen-bond donors (Lipinski definition) is 2. The Labute approximate surface area is 183 Å². The summed E-state index contributed by atoms with van der Waals surface area (Å²) in [6.07, 6.45) is 5.85. The smallest absolute Gasteiger partial charge is 0.259 e. The first-order valence-corrected chi connectivity index (χ1v) is 10.0. The molecule has 0 atom stereocenters. The molecule has 32 heavy (non-hydrogen) atoms. The molecule has 3 N–H and O–H groups in total. The van der Waals surface area contributed by atoms with Gasteiger partial charge in [-0.05, 0) is 53.9 Å². The fourth-order valence-electron chi connectivity index (χ4n) is 3.11. The SMILES string of the molecule is Nc1nc(NCCc2ccc(OCc3ccncc3)cc2)nc2nc(-c3ccco3)nn12. The third-order valence-electron chi connectivity index (χ3n) is 4.75. The van der Waals surface area contributed by atoms with Gasteiger partial charge in [-0.3, -0.25) is 4.98 Å². The molecule has 0 spiro atoms. The van der Waals surface area contributed by atoms with E-state index in [1.54, 1.807) is 30.8 Å². The predicted octanol–water partition coefficient (Wildman–Crippen LogP) is 2.99. The molecule has 160 valence electrons. The third kappa shape index (κ3) is 4.33. The van der Waals surface area contributed by atoms with Crippen molar-refractivity contribution in [2.24, 2.45) is 0 Å². The van der Waals surface area contributed by atoms with Crippen LogP contribution in [0.3, 0.4) is 0 Å². The van der Waals surface area contributed by atoms with Crippen LogP contribution < -0.4 is 15.8 Å². The van der Waals surface area contributed by atoms with Gasteiger partial charge in [-0.15, -0.1) is 5.10 Å². The number of nitrogen functional groups attached to an aromatic ring is 1. The lowest BCUT2D eigenvalue weighted by Crippen LogP contribution is -2.12. The molecule has 0 bridgehead atoms. The molecule has 0 aliphatic rings. The van der Waals surface area contributed by atoms with Crippen LogP contribution in [-0.4, -0.2) is 36.1 Å². The zero-order valence-electron chi connectivity index (χ0n) is 17.0. The lowest BCUT2D eigenvalue weighted by atomic mass is 10.1. The molecule has 10 heteroatoms. The number of nitrogens with one attached hydrogen (secondary N) is 1. The van der Waals surface area contributed by atoms with Gasteiger partial charge in [0.05, 0.1) is 6.26 Å². The van der Waals surface area contributed by atoms with Crippen LogP contribution in [-0.2, 0) is 13.0 Å². The van der Waals surface area contributed by atoms with Gasteiger partial charge in [-0.1, -0.05) is 12.1 Å². The molecular weight excluding hydrogens is 408 g/mol. The summed E-state index contributed by atoms with van der Waals surface area (Å²) in [5, 5.41) is 7.47. The Balaban J connectivity index is 1.18. The second kappa shape index (κ2) is 8.72. The van der Waals surface area contributed by atoms with E-state index in [9.17, 15) is 0 Å². The summed E-state index contributed by atoms with van der Waals surface area (Å²) >= 11 is 0. The number of benzene rings is 1. The number of pyridine rings is 1. The molecular formula is C22H20N8O2. The van der Waals surface area contributed by atoms with Gasteiger partial charge in [0, 0.05) is 18.9 Å². The monoisotopic (exact) mass is 428 g/mol. The van der Waals surface area contributed by atoms with E-state index in [0.717, 1.165) is 23.3 Å². The number of hydrogen-bond acceptors (Lipinski definition) is 9. The second-order valence-corrected chi connectivity index (χ2v) is 6.99. The molecule has 0 amide bonds. The van der Waals surface area contributed by atoms with E-state index in [0.29, 0.717) is 36.5 Å². The van der Waals surface area contributed by atoms with E-state index in [4.69, 9.17) is 14.9 Å². The van der Waals surface area contributed by atoms with Crippen molar-refractivity contribution in [1.29, 1.82) is 0 Å². The van der Waals surface area contributed by atoms with Crippen molar-refractivity contribution in [2.75, 3.05) is 17.6 Å². The van der Waals surface area contributed by atoms with Crippen LogP contribution >= 0.6 is 0 Å². The minimum atomic E-state index is 0.193. The van der Waals surface area contributed by atoms with Crippen LogP contribution in [0, 0.1) is 0 Å². The van der Waals surface area contributed by atoms with Crippen molar-refractivity contribution in [3.05, 3.63) is 78.3 Å². The van der Waals surface area contributed by atoms with E-state index in [1.165, 1.54) is 4.52 Å². The van der Waals surface area contributed by atoms with E-state index >= 15 is 0 Å². The quantitative estimate of drug-likeness (QED) is 0.383. The third-order valence-corrected chi connectivity index (χ3v) is 4.75. The van der Waals surface area contributed by atoms with Crippen LogP contribution in [0.4, 0.5) is 11.9 Å². The van der Waals surface area contributed by atoms with Gasteiger partial charge in [-0.2, -0.15) is 19.5 Å². The fraction of sp³-hybridized carbons (Fsp3) is 0.136. The highest BCUT2D eigenvalue weighted by Crippen LogP contribution is 2.18. The van der Waals surface area contributed by atoms with Crippen molar-refractivity contribution in [3.63, 3.8) is 0 Å². The molecule has 0 unspecified atom stereocenters. The molecule has 0 aliphatic heterocycles. The summed E-state index contributed by atoms with van der Waals surface area (Å²) in [5.74, 6) is 2.70. The summed E-state index contributed by atoms with van der Waals surface area (Å²) in [6, 6.07) is 15.4. The van der Waals surface area contributed by atoms with Crippen LogP contribution in [0.25, 0.3) is 17.4 Å². The molecule has 10 nitrogen and oxygen atoms in total. The molecule has 4 heterocycles. The highest BCUT2D eigenvalue weighted by Gasteiger charge is 2.13. The average Bonchev–Trinajstić information content (AvgIpc) is 3.50. The van der Waals surface area contributed by atoms with Crippen LogP contribution in [0.2, 0.25) is 0 Å². The van der Waals surface area contributed by atoms with Crippen molar-refractivity contribution >= 4 is 17.7 Å². The first-order valence-electron chi connectivity index (χ1n) is 10.0. The van der Waals surface area contributed by atoms with Crippen molar-refractivity contribution in [1.82, 2.24) is 29.5 Å². The Morgan fingerprint density at radius 3 is 2.59 bits per heavy atom. The Morgan fingerprint density at radius 1 is 0.969 bits per heavy atom. The van der Waals surface area contributed by atoms with Gasteiger partial charge in [0.2, 0.25) is 17.7 Å². The Kier molecular flexibility index (Phi) is 5.31. The first-order chi connectivity index (χ1) is 15.7. The fourth-order valence-corrected chi connectivity index (χ4v) is 3.11. The van der Waals surface area contributed by atoms with Gasteiger partial charge in [-0.25, -0.2) is 0 Å². The molecule has 0 aliphatic carbocycles. The minimum Gasteiger partial charge on any atom is -0.489 e. The number of nitrogens with zero attached hydrogens (tertiary/aromatic N) is 6. The topological polar surface area (TPSA) is 129 Å². The highest BCUT2D eigenvalue weighted by molar-refractivity contribution is 5.52. The number of fused-ring (bicyclic) bond motifs is 1. The summed E-state index contributed by atoms with van der Waals surface area (Å²) in [6.45, 7) is 1.14. The van der Waals surface area contributed by atoms with Gasteiger partial charge in [0.1, 0.15) is 12.4 Å². The number of aromatic nitrogens is 6. The van der Waals surface area contributed by atoms with E-state index in [1.807, 2.05) is 36.4 Å². The van der Waals surface area contributed by atoms with Crippen molar-refractivity contribution < 1.29 is 9.15 Å². The van der Waals surface area contributed by atoms with Gasteiger partial charge >= 0.3 is 0 Å². The Morgan fingerprint density at radius 2 is 1.81 bits per heavy atom. The standard InChI is InChI=1S/C22H20N8O2/c23-20-27-21(28-22-26-19(29-30(20)22)18-2-1-13-31-18)25-12-9-15-3-5-17(6-4-15)32-14-16-7-10-24-11-8-16/h1-8,10-11,13H,9,12,14H2,(H3,23,25,26,27,28,29). The summed E-state index contributed by atoms with van der Waals surface area (Å²) in [7, 11) is 0. The maximum atomic E-state index is 6.02. The maximum Gasteiger partial charge on any atom is 0.259 e. The zero-order chi connectivity index (χ0) is 21.8. The molecule has 0 saturated heterocycles. The summed E-state index contributed by atoms with van der Waals surface area (Å²) < 4.78 is 12.5. The lowest BCUT2D eigenvalue weighted by Gasteiger charge is -2.08. The molecule has 0 fully saturated rings. The van der Waals surface area contributed by atoms with Crippen LogP contribution in [0.1, 0.15) is 11.1 Å². The first kappa shape index (κ1) is 19.5. The number of furan rings is 1. The normalized spacial score (nSPS) is 11.0. The van der Waals surface area contributed by atoms with Crippen LogP contribution in [0.5, 0.6) is 5.75 Å². The van der Waals surface area contributed by atoms with Crippen molar-refractivity contribution in [2.45, 2.75) is 13.0 Å². The van der Waals surface area contributed by atoms with E-state index in [-0.39, 0.29) is 5.95 Å². The van der Waals surface area contributed by atoms with Gasteiger partial charge < -0.3 is 20.2 Å².